The van der Waals surface area contributed by atoms with Gasteiger partial charge in [0.05, 0.1) is 11.9 Å². The van der Waals surface area contributed by atoms with Gasteiger partial charge in [-0.3, -0.25) is 4.79 Å². The Balaban J connectivity index is 1.74. The summed E-state index contributed by atoms with van der Waals surface area (Å²) in [6.45, 7) is 3.32. The second-order valence-corrected chi connectivity index (χ2v) is 6.50. The van der Waals surface area contributed by atoms with E-state index in [1.165, 1.54) is 16.7 Å². The highest BCUT2D eigenvalue weighted by atomic mass is 32.1. The van der Waals surface area contributed by atoms with E-state index in [0.717, 1.165) is 6.54 Å². The Kier molecular flexibility index (Phi) is 6.12. The van der Waals surface area contributed by atoms with Gasteiger partial charge in [0.15, 0.2) is 5.78 Å². The highest BCUT2D eigenvalue weighted by Gasteiger charge is 2.13. The van der Waals surface area contributed by atoms with Gasteiger partial charge in [-0.25, -0.2) is 0 Å². The van der Waals surface area contributed by atoms with Crippen LogP contribution in [0.1, 0.15) is 22.2 Å². The van der Waals surface area contributed by atoms with Gasteiger partial charge in [-0.15, -0.1) is 11.3 Å². The number of thiophene rings is 1. The number of benzene rings is 1. The summed E-state index contributed by atoms with van der Waals surface area (Å²) in [4.78, 5) is 13.7. The summed E-state index contributed by atoms with van der Waals surface area (Å²) < 4.78 is 5.57. The van der Waals surface area contributed by atoms with E-state index in [1.54, 1.807) is 35.6 Å². The number of ketones is 1. The molecule has 0 fully saturated rings. The molecule has 4 nitrogen and oxygen atoms in total. The maximum Gasteiger partial charge on any atom is 0.159 e. The molecular weight excluding hydrogens is 298 g/mol. The van der Waals surface area contributed by atoms with Gasteiger partial charge in [-0.2, -0.15) is 0 Å². The summed E-state index contributed by atoms with van der Waals surface area (Å²) in [6.07, 6.45) is -0.521. The summed E-state index contributed by atoms with van der Waals surface area (Å²) in [6, 6.07) is 11.1. The number of carbonyl (C=O) groups excluding carboxylic acids is 1. The lowest BCUT2D eigenvalue weighted by Gasteiger charge is -2.18. The molecule has 1 heterocycles. The van der Waals surface area contributed by atoms with Crippen LogP contribution >= 0.6 is 11.3 Å². The number of likely N-dealkylation sites (N-methyl/N-ethyl adjacent to an activating group) is 1. The van der Waals surface area contributed by atoms with Crippen LogP contribution in [0.25, 0.3) is 0 Å². The molecule has 0 aliphatic rings. The lowest BCUT2D eigenvalue weighted by molar-refractivity contribution is -0.896. The molecule has 2 rings (SSSR count). The minimum absolute atomic E-state index is 0.0328. The van der Waals surface area contributed by atoms with Gasteiger partial charge < -0.3 is 14.7 Å². The number of nitrogens with one attached hydrogen (secondary N) is 1. The number of aliphatic hydroxyl groups excluding tert-OH is 1. The summed E-state index contributed by atoms with van der Waals surface area (Å²) in [7, 11) is 2.06. The van der Waals surface area contributed by atoms with E-state index in [9.17, 15) is 9.90 Å². The molecule has 2 atom stereocenters. The zero-order valence-corrected chi connectivity index (χ0v) is 13.7. The Morgan fingerprint density at radius 1 is 1.32 bits per heavy atom. The molecule has 0 aliphatic carbocycles. The Morgan fingerprint density at radius 3 is 2.64 bits per heavy atom. The average Bonchev–Trinajstić information content (AvgIpc) is 2.98. The molecule has 1 aromatic heterocycles. The van der Waals surface area contributed by atoms with Crippen molar-refractivity contribution in [3.8, 4) is 5.75 Å². The van der Waals surface area contributed by atoms with E-state index >= 15 is 0 Å². The summed E-state index contributed by atoms with van der Waals surface area (Å²) >= 11 is 1.73. The zero-order chi connectivity index (χ0) is 15.9. The first-order valence-electron chi connectivity index (χ1n) is 7.30. The van der Waals surface area contributed by atoms with Crippen molar-refractivity contribution in [1.82, 2.24) is 0 Å². The van der Waals surface area contributed by atoms with Crippen LogP contribution in [0, 0.1) is 0 Å². The van der Waals surface area contributed by atoms with E-state index < -0.39 is 6.10 Å². The fourth-order valence-electron chi connectivity index (χ4n) is 2.22. The van der Waals surface area contributed by atoms with Crippen molar-refractivity contribution in [2.24, 2.45) is 0 Å². The van der Waals surface area contributed by atoms with Gasteiger partial charge in [-0.05, 0) is 42.6 Å². The fourth-order valence-corrected chi connectivity index (χ4v) is 3.04. The van der Waals surface area contributed by atoms with Crippen LogP contribution < -0.4 is 9.64 Å². The van der Waals surface area contributed by atoms with Crippen LogP contribution in [0.4, 0.5) is 0 Å². The van der Waals surface area contributed by atoms with Crippen molar-refractivity contribution >= 4 is 17.1 Å². The van der Waals surface area contributed by atoms with E-state index in [1.807, 2.05) is 6.07 Å². The van der Waals surface area contributed by atoms with Crippen LogP contribution in [0.15, 0.2) is 41.8 Å². The van der Waals surface area contributed by atoms with Gasteiger partial charge in [-0.1, -0.05) is 6.07 Å². The molecule has 0 aliphatic heterocycles. The van der Waals surface area contributed by atoms with E-state index in [4.69, 9.17) is 4.74 Å². The van der Waals surface area contributed by atoms with E-state index in [0.29, 0.717) is 17.9 Å². The first kappa shape index (κ1) is 16.7. The lowest BCUT2D eigenvalue weighted by atomic mass is 10.1. The number of carbonyl (C=O) groups is 1. The molecule has 0 radical (unpaired) electrons. The number of ether oxygens (including phenoxy) is 1. The zero-order valence-electron chi connectivity index (χ0n) is 12.9. The standard InChI is InChI=1S/C17H21NO3S/c1-13(19)14-5-7-16(8-6-14)21-12-15(20)10-18(2)11-17-4-3-9-22-17/h3-9,15,20H,10-12H2,1-2H3/p+1/t15-/m1/s1. The van der Waals surface area contributed by atoms with Crippen molar-refractivity contribution in [3.05, 3.63) is 52.2 Å². The Bertz CT molecular complexity index is 580. The predicted molar refractivity (Wildman–Crippen MR) is 87.7 cm³/mol. The summed E-state index contributed by atoms with van der Waals surface area (Å²) in [5.41, 5.74) is 0.660. The third-order valence-electron chi connectivity index (χ3n) is 3.34. The number of rotatable bonds is 8. The maximum atomic E-state index is 11.2. The quantitative estimate of drug-likeness (QED) is 0.723. The monoisotopic (exact) mass is 320 g/mol. The summed E-state index contributed by atoms with van der Waals surface area (Å²) in [5.74, 6) is 0.699. The first-order chi connectivity index (χ1) is 10.5. The van der Waals surface area contributed by atoms with E-state index in [-0.39, 0.29) is 12.4 Å². The predicted octanol–water partition coefficient (Wildman–Crippen LogP) is 1.41. The molecule has 2 aromatic rings. The van der Waals surface area contributed by atoms with Gasteiger partial charge in [0.25, 0.3) is 0 Å². The number of quaternary nitrogens is 1. The molecule has 22 heavy (non-hydrogen) atoms. The van der Waals surface area contributed by atoms with Crippen LogP contribution in [-0.4, -0.2) is 37.2 Å². The molecule has 1 aromatic carbocycles. The van der Waals surface area contributed by atoms with Gasteiger partial charge in [0.1, 0.15) is 31.5 Å². The number of hydrogen-bond acceptors (Lipinski definition) is 4. The lowest BCUT2D eigenvalue weighted by Crippen LogP contribution is -3.08. The van der Waals surface area contributed by atoms with Crippen LogP contribution in [-0.2, 0) is 6.54 Å². The van der Waals surface area contributed by atoms with Crippen molar-refractivity contribution in [1.29, 1.82) is 0 Å². The molecule has 2 N–H and O–H groups in total. The third-order valence-corrected chi connectivity index (χ3v) is 4.22. The molecular formula is C17H22NO3S+. The van der Waals surface area contributed by atoms with Gasteiger partial charge >= 0.3 is 0 Å². The van der Waals surface area contributed by atoms with Crippen molar-refractivity contribution < 1.29 is 19.5 Å². The smallest absolute Gasteiger partial charge is 0.159 e. The Morgan fingerprint density at radius 2 is 2.05 bits per heavy atom. The molecule has 5 heteroatoms. The minimum atomic E-state index is -0.521. The van der Waals surface area contributed by atoms with Crippen LogP contribution in [0.5, 0.6) is 5.75 Å². The second kappa shape index (κ2) is 8.08. The Labute approximate surface area is 135 Å². The highest BCUT2D eigenvalue weighted by Crippen LogP contribution is 2.12. The van der Waals surface area contributed by atoms with Crippen molar-refractivity contribution in [2.45, 2.75) is 19.6 Å². The molecule has 0 amide bonds. The normalized spacial score (nSPS) is 13.6. The third kappa shape index (κ3) is 5.26. The average molecular weight is 320 g/mol. The SMILES string of the molecule is CC(=O)c1ccc(OC[C@H](O)C[NH+](C)Cc2cccs2)cc1. The minimum Gasteiger partial charge on any atom is -0.491 e. The van der Waals surface area contributed by atoms with Crippen molar-refractivity contribution in [3.63, 3.8) is 0 Å². The molecule has 0 spiro atoms. The molecule has 1 unspecified atom stereocenters. The number of aliphatic hydroxyl groups is 1. The molecule has 0 saturated carbocycles. The van der Waals surface area contributed by atoms with Gasteiger partial charge in [0.2, 0.25) is 0 Å². The first-order valence-corrected chi connectivity index (χ1v) is 8.18. The number of hydrogen-bond donors (Lipinski definition) is 2. The largest absolute Gasteiger partial charge is 0.491 e. The fraction of sp³-hybridized carbons (Fsp3) is 0.353. The van der Waals surface area contributed by atoms with Crippen LogP contribution in [0.3, 0.4) is 0 Å². The molecule has 0 saturated heterocycles. The molecule has 118 valence electrons. The topological polar surface area (TPSA) is 51.0 Å². The number of Topliss-reactive ketones (excluding diaryl/α,β-unsaturated/α-hetero) is 1. The van der Waals surface area contributed by atoms with Gasteiger partial charge in [0, 0.05) is 5.56 Å². The van der Waals surface area contributed by atoms with Crippen LogP contribution in [0.2, 0.25) is 0 Å². The van der Waals surface area contributed by atoms with Crippen molar-refractivity contribution in [2.75, 3.05) is 20.2 Å². The van der Waals surface area contributed by atoms with E-state index in [2.05, 4.69) is 18.5 Å². The maximum absolute atomic E-state index is 11.2. The Hall–Kier alpha value is -1.69. The second-order valence-electron chi connectivity index (χ2n) is 5.46. The molecule has 0 bridgehead atoms. The highest BCUT2D eigenvalue weighted by molar-refractivity contribution is 7.09. The summed E-state index contributed by atoms with van der Waals surface area (Å²) in [5, 5.41) is 12.1.